The predicted octanol–water partition coefficient (Wildman–Crippen LogP) is 3.22. The normalized spacial score (nSPS) is 11.2. The van der Waals surface area contributed by atoms with Crippen LogP contribution in [-0.4, -0.2) is 30.3 Å². The summed E-state index contributed by atoms with van der Waals surface area (Å²) >= 11 is 2.63. The van der Waals surface area contributed by atoms with Crippen LogP contribution in [0.4, 0.5) is 16.5 Å². The van der Waals surface area contributed by atoms with Crippen molar-refractivity contribution in [2.75, 3.05) is 16.4 Å². The largest absolute Gasteiger partial charge is 0.330 e. The summed E-state index contributed by atoms with van der Waals surface area (Å²) in [7, 11) is -3.75. The fourth-order valence-electron chi connectivity index (χ4n) is 2.32. The Morgan fingerprint density at radius 2 is 1.72 bits per heavy atom. The Bertz CT molecular complexity index is 1080. The number of hydrogen-bond donors (Lipinski definition) is 3. The van der Waals surface area contributed by atoms with Crippen LogP contribution in [0.5, 0.6) is 0 Å². The van der Waals surface area contributed by atoms with Gasteiger partial charge in [0.2, 0.25) is 21.1 Å². The van der Waals surface area contributed by atoms with Crippen LogP contribution in [0.2, 0.25) is 0 Å². The standard InChI is InChI=1S/C18H19N5O3S3/c1-2-12-3-5-14(6-4-12)21-17-22-23-18(28-17)27-11-16(24)20-13-7-9-15(10-8-13)29(19,25)26/h3-10H,2,11H2,1H3,(H,20,24)(H,21,22)(H2,19,25,26). The van der Waals surface area contributed by atoms with E-state index in [1.807, 2.05) is 12.1 Å². The van der Waals surface area contributed by atoms with E-state index in [2.05, 4.69) is 39.9 Å². The number of carbonyl (C=O) groups is 1. The van der Waals surface area contributed by atoms with Crippen molar-refractivity contribution < 1.29 is 13.2 Å². The van der Waals surface area contributed by atoms with E-state index in [-0.39, 0.29) is 16.6 Å². The Kier molecular flexibility index (Phi) is 6.85. The zero-order chi connectivity index (χ0) is 20.9. The number of nitrogens with zero attached hydrogens (tertiary/aromatic N) is 2. The summed E-state index contributed by atoms with van der Waals surface area (Å²) in [5, 5.41) is 19.7. The average Bonchev–Trinajstić information content (AvgIpc) is 3.14. The number of thioether (sulfide) groups is 1. The molecule has 1 aromatic heterocycles. The van der Waals surface area contributed by atoms with Crippen LogP contribution in [0, 0.1) is 0 Å². The van der Waals surface area contributed by atoms with Gasteiger partial charge in [-0.3, -0.25) is 4.79 Å². The van der Waals surface area contributed by atoms with Crippen LogP contribution in [0.25, 0.3) is 0 Å². The van der Waals surface area contributed by atoms with Crippen LogP contribution >= 0.6 is 23.1 Å². The van der Waals surface area contributed by atoms with E-state index in [4.69, 9.17) is 5.14 Å². The Morgan fingerprint density at radius 1 is 1.07 bits per heavy atom. The molecule has 0 bridgehead atoms. The zero-order valence-electron chi connectivity index (χ0n) is 15.5. The second-order valence-electron chi connectivity index (χ2n) is 5.95. The van der Waals surface area contributed by atoms with Crippen molar-refractivity contribution >= 4 is 55.5 Å². The summed E-state index contributed by atoms with van der Waals surface area (Å²) in [5.41, 5.74) is 2.67. The second-order valence-corrected chi connectivity index (χ2v) is 9.72. The molecule has 4 N–H and O–H groups in total. The van der Waals surface area contributed by atoms with Gasteiger partial charge in [-0.05, 0) is 48.4 Å². The van der Waals surface area contributed by atoms with E-state index >= 15 is 0 Å². The number of aromatic nitrogens is 2. The minimum absolute atomic E-state index is 0.0110. The first kappa shape index (κ1) is 21.2. The second kappa shape index (κ2) is 9.35. The molecule has 0 radical (unpaired) electrons. The summed E-state index contributed by atoms with van der Waals surface area (Å²) in [6.45, 7) is 2.10. The third-order valence-corrected chi connectivity index (χ3v) is 6.71. The summed E-state index contributed by atoms with van der Waals surface area (Å²) < 4.78 is 23.1. The van der Waals surface area contributed by atoms with Gasteiger partial charge in [0.05, 0.1) is 10.6 Å². The van der Waals surface area contributed by atoms with Gasteiger partial charge in [-0.15, -0.1) is 10.2 Å². The zero-order valence-corrected chi connectivity index (χ0v) is 17.9. The van der Waals surface area contributed by atoms with Crippen LogP contribution in [0.3, 0.4) is 0 Å². The topological polar surface area (TPSA) is 127 Å². The van der Waals surface area contributed by atoms with Gasteiger partial charge >= 0.3 is 0 Å². The van der Waals surface area contributed by atoms with E-state index < -0.39 is 10.0 Å². The van der Waals surface area contributed by atoms with E-state index in [9.17, 15) is 13.2 Å². The Balaban J connectivity index is 1.50. The highest BCUT2D eigenvalue weighted by Gasteiger charge is 2.10. The van der Waals surface area contributed by atoms with E-state index in [1.54, 1.807) is 0 Å². The molecule has 0 fully saturated rings. The minimum Gasteiger partial charge on any atom is -0.330 e. The number of rotatable bonds is 8. The number of aryl methyl sites for hydroxylation is 1. The third-order valence-electron chi connectivity index (χ3n) is 3.81. The summed E-state index contributed by atoms with van der Waals surface area (Å²) in [6.07, 6.45) is 0.984. The number of benzene rings is 2. The molecule has 0 saturated carbocycles. The van der Waals surface area contributed by atoms with Gasteiger partial charge in [0.15, 0.2) is 4.34 Å². The van der Waals surface area contributed by atoms with Gasteiger partial charge in [0, 0.05) is 11.4 Å². The number of amides is 1. The summed E-state index contributed by atoms with van der Waals surface area (Å²) in [6, 6.07) is 13.7. The lowest BCUT2D eigenvalue weighted by atomic mass is 10.1. The number of primary sulfonamides is 1. The molecule has 11 heteroatoms. The molecule has 0 aliphatic rings. The molecule has 29 heavy (non-hydrogen) atoms. The molecule has 8 nitrogen and oxygen atoms in total. The van der Waals surface area contributed by atoms with E-state index in [1.165, 1.54) is 52.9 Å². The van der Waals surface area contributed by atoms with Gasteiger partial charge < -0.3 is 10.6 Å². The minimum atomic E-state index is -3.75. The number of anilines is 3. The highest BCUT2D eigenvalue weighted by Crippen LogP contribution is 2.28. The van der Waals surface area contributed by atoms with Crippen molar-refractivity contribution in [2.24, 2.45) is 5.14 Å². The smallest absolute Gasteiger partial charge is 0.238 e. The first-order valence-corrected chi connectivity index (χ1v) is 11.9. The fraction of sp³-hybridized carbons (Fsp3) is 0.167. The summed E-state index contributed by atoms with van der Waals surface area (Å²) in [4.78, 5) is 12.1. The Morgan fingerprint density at radius 3 is 2.34 bits per heavy atom. The lowest BCUT2D eigenvalue weighted by Gasteiger charge is -2.05. The maximum absolute atomic E-state index is 12.1. The molecule has 0 aliphatic heterocycles. The fourth-order valence-corrected chi connectivity index (χ4v) is 4.41. The van der Waals surface area contributed by atoms with Gasteiger partial charge in [-0.1, -0.05) is 42.2 Å². The third kappa shape index (κ3) is 6.26. The average molecular weight is 450 g/mol. The molecule has 1 heterocycles. The number of nitrogens with two attached hydrogens (primary N) is 1. The van der Waals surface area contributed by atoms with Crippen molar-refractivity contribution in [1.29, 1.82) is 0 Å². The van der Waals surface area contributed by atoms with Crippen LogP contribution < -0.4 is 15.8 Å². The predicted molar refractivity (Wildman–Crippen MR) is 116 cm³/mol. The Hall–Kier alpha value is -2.47. The SMILES string of the molecule is CCc1ccc(Nc2nnc(SCC(=O)Nc3ccc(S(N)(=O)=O)cc3)s2)cc1. The van der Waals surface area contributed by atoms with Gasteiger partial charge in [0.1, 0.15) is 0 Å². The molecular weight excluding hydrogens is 430 g/mol. The molecule has 2 aromatic carbocycles. The number of nitrogens with one attached hydrogen (secondary N) is 2. The maximum Gasteiger partial charge on any atom is 0.238 e. The van der Waals surface area contributed by atoms with Crippen molar-refractivity contribution in [2.45, 2.75) is 22.6 Å². The lowest BCUT2D eigenvalue weighted by molar-refractivity contribution is -0.113. The number of hydrogen-bond acceptors (Lipinski definition) is 8. The first-order chi connectivity index (χ1) is 13.8. The molecule has 0 unspecified atom stereocenters. The van der Waals surface area contributed by atoms with Crippen molar-refractivity contribution in [1.82, 2.24) is 10.2 Å². The highest BCUT2D eigenvalue weighted by molar-refractivity contribution is 8.01. The molecule has 0 atom stereocenters. The lowest BCUT2D eigenvalue weighted by Crippen LogP contribution is -2.15. The first-order valence-electron chi connectivity index (χ1n) is 8.58. The van der Waals surface area contributed by atoms with Crippen molar-refractivity contribution in [3.05, 3.63) is 54.1 Å². The van der Waals surface area contributed by atoms with E-state index in [0.717, 1.165) is 12.1 Å². The molecule has 3 aromatic rings. The Labute approximate surface area is 177 Å². The molecule has 1 amide bonds. The molecular formula is C18H19N5O3S3. The number of sulfonamides is 1. The highest BCUT2D eigenvalue weighted by atomic mass is 32.2. The molecule has 3 rings (SSSR count). The van der Waals surface area contributed by atoms with Crippen LogP contribution in [0.1, 0.15) is 12.5 Å². The van der Waals surface area contributed by atoms with Gasteiger partial charge in [0.25, 0.3) is 0 Å². The van der Waals surface area contributed by atoms with Crippen LogP contribution in [0.15, 0.2) is 57.8 Å². The monoisotopic (exact) mass is 449 g/mol. The van der Waals surface area contributed by atoms with Gasteiger partial charge in [-0.2, -0.15) is 0 Å². The van der Waals surface area contributed by atoms with Crippen molar-refractivity contribution in [3.63, 3.8) is 0 Å². The van der Waals surface area contributed by atoms with Crippen LogP contribution in [-0.2, 0) is 21.2 Å². The molecule has 0 aliphatic carbocycles. The number of carbonyl (C=O) groups excluding carboxylic acids is 1. The molecule has 152 valence electrons. The van der Waals surface area contributed by atoms with E-state index in [0.29, 0.717) is 15.2 Å². The summed E-state index contributed by atoms with van der Waals surface area (Å²) in [5.74, 6) is -0.0882. The van der Waals surface area contributed by atoms with Crippen molar-refractivity contribution in [3.8, 4) is 0 Å². The maximum atomic E-state index is 12.1. The molecule has 0 spiro atoms. The van der Waals surface area contributed by atoms with Gasteiger partial charge in [-0.25, -0.2) is 13.6 Å². The quantitative estimate of drug-likeness (QED) is 0.451. The molecule has 0 saturated heterocycles.